The molecule has 0 aliphatic carbocycles. The van der Waals surface area contributed by atoms with Crippen molar-refractivity contribution < 1.29 is 5.11 Å². The molecule has 1 atom stereocenters. The van der Waals surface area contributed by atoms with Gasteiger partial charge in [-0.25, -0.2) is 0 Å². The minimum atomic E-state index is 0.187. The smallest absolute Gasteiger partial charge is 0.115 e. The first-order chi connectivity index (χ1) is 8.74. The van der Waals surface area contributed by atoms with Crippen LogP contribution in [0.25, 0.3) is 0 Å². The van der Waals surface area contributed by atoms with E-state index in [4.69, 9.17) is 11.6 Å². The normalized spacial score (nSPS) is 18.4. The van der Waals surface area contributed by atoms with Crippen molar-refractivity contribution in [3.05, 3.63) is 64.2 Å². The summed E-state index contributed by atoms with van der Waals surface area (Å²) in [6, 6.07) is 13.7. The summed E-state index contributed by atoms with van der Waals surface area (Å²) in [5, 5.41) is 13.8. The van der Waals surface area contributed by atoms with Crippen LogP contribution in [0.4, 0.5) is 0 Å². The van der Waals surface area contributed by atoms with Crippen LogP contribution in [0.15, 0.2) is 42.5 Å². The summed E-state index contributed by atoms with van der Waals surface area (Å²) >= 11 is 5.92. The van der Waals surface area contributed by atoms with Gasteiger partial charge in [-0.3, -0.25) is 0 Å². The van der Waals surface area contributed by atoms with Gasteiger partial charge in [-0.2, -0.15) is 0 Å². The van der Waals surface area contributed by atoms with Gasteiger partial charge in [0.05, 0.1) is 6.04 Å². The number of benzene rings is 2. The minimum absolute atomic E-state index is 0.187. The third kappa shape index (κ3) is 2.09. The van der Waals surface area contributed by atoms with Crippen molar-refractivity contribution in [2.75, 3.05) is 6.54 Å². The Morgan fingerprint density at radius 3 is 2.67 bits per heavy atom. The first kappa shape index (κ1) is 11.6. The molecule has 2 nitrogen and oxygen atoms in total. The predicted molar refractivity (Wildman–Crippen MR) is 73.1 cm³/mol. The molecule has 2 aromatic rings. The molecule has 18 heavy (non-hydrogen) atoms. The Bertz CT molecular complexity index is 565. The van der Waals surface area contributed by atoms with Crippen molar-refractivity contribution in [2.45, 2.75) is 12.5 Å². The van der Waals surface area contributed by atoms with Gasteiger partial charge >= 0.3 is 0 Å². The third-order valence-corrected chi connectivity index (χ3v) is 3.64. The Hall–Kier alpha value is -1.51. The zero-order valence-corrected chi connectivity index (χ0v) is 10.6. The van der Waals surface area contributed by atoms with Crippen LogP contribution in [0.5, 0.6) is 5.75 Å². The lowest BCUT2D eigenvalue weighted by Gasteiger charge is -2.27. The molecule has 3 heteroatoms. The van der Waals surface area contributed by atoms with Gasteiger partial charge in [0.2, 0.25) is 0 Å². The molecule has 3 rings (SSSR count). The Morgan fingerprint density at radius 2 is 1.89 bits per heavy atom. The monoisotopic (exact) mass is 259 g/mol. The van der Waals surface area contributed by atoms with Gasteiger partial charge in [0, 0.05) is 11.6 Å². The molecular formula is C15H14ClNO. The van der Waals surface area contributed by atoms with Crippen molar-refractivity contribution in [1.29, 1.82) is 0 Å². The number of rotatable bonds is 1. The van der Waals surface area contributed by atoms with Gasteiger partial charge in [0.15, 0.2) is 0 Å². The largest absolute Gasteiger partial charge is 0.508 e. The zero-order valence-electron chi connectivity index (χ0n) is 9.86. The second-order valence-corrected chi connectivity index (χ2v) is 5.01. The number of phenolic OH excluding ortho intramolecular Hbond substituents is 1. The summed E-state index contributed by atoms with van der Waals surface area (Å²) in [4.78, 5) is 0. The SMILES string of the molecule is Oc1ccc2c(c1)CCN[C@@H]2c1ccc(Cl)cc1. The molecule has 2 aromatic carbocycles. The van der Waals surface area contributed by atoms with Crippen molar-refractivity contribution >= 4 is 11.6 Å². The van der Waals surface area contributed by atoms with Gasteiger partial charge in [-0.1, -0.05) is 29.8 Å². The standard InChI is InChI=1S/C15H14ClNO/c16-12-3-1-10(2-4-12)15-14-6-5-13(18)9-11(14)7-8-17-15/h1-6,9,15,17-18H,7-8H2/t15-/m1/s1. The molecular weight excluding hydrogens is 246 g/mol. The maximum Gasteiger partial charge on any atom is 0.115 e. The van der Waals surface area contributed by atoms with Crippen LogP contribution >= 0.6 is 11.6 Å². The van der Waals surface area contributed by atoms with E-state index in [1.807, 2.05) is 36.4 Å². The molecule has 0 fully saturated rings. The van der Waals surface area contributed by atoms with Crippen LogP contribution in [0.1, 0.15) is 22.7 Å². The van der Waals surface area contributed by atoms with E-state index in [-0.39, 0.29) is 6.04 Å². The topological polar surface area (TPSA) is 32.3 Å². The van der Waals surface area contributed by atoms with Gasteiger partial charge in [-0.15, -0.1) is 0 Å². The summed E-state index contributed by atoms with van der Waals surface area (Å²) in [5.41, 5.74) is 3.65. The van der Waals surface area contributed by atoms with Crippen LogP contribution in [-0.2, 0) is 6.42 Å². The number of aromatic hydroxyl groups is 1. The summed E-state index contributed by atoms with van der Waals surface area (Å²) < 4.78 is 0. The second kappa shape index (κ2) is 4.63. The first-order valence-corrected chi connectivity index (χ1v) is 6.42. The number of phenols is 1. The van der Waals surface area contributed by atoms with E-state index in [1.54, 1.807) is 6.07 Å². The molecule has 2 N–H and O–H groups in total. The first-order valence-electron chi connectivity index (χ1n) is 6.05. The van der Waals surface area contributed by atoms with Gasteiger partial charge in [0.1, 0.15) is 5.75 Å². The Balaban J connectivity index is 2.03. The van der Waals surface area contributed by atoms with Crippen LogP contribution in [0, 0.1) is 0 Å². The fraction of sp³-hybridized carbons (Fsp3) is 0.200. The molecule has 1 aliphatic rings. The number of halogens is 1. The molecule has 1 aliphatic heterocycles. The van der Waals surface area contributed by atoms with Crippen molar-refractivity contribution in [3.63, 3.8) is 0 Å². The van der Waals surface area contributed by atoms with E-state index in [2.05, 4.69) is 5.32 Å². The maximum atomic E-state index is 9.54. The molecule has 0 radical (unpaired) electrons. The molecule has 0 bridgehead atoms. The van der Waals surface area contributed by atoms with E-state index < -0.39 is 0 Å². The highest BCUT2D eigenvalue weighted by Gasteiger charge is 2.21. The summed E-state index contributed by atoms with van der Waals surface area (Å²) in [7, 11) is 0. The Labute approximate surface area is 111 Å². The number of fused-ring (bicyclic) bond motifs is 1. The highest BCUT2D eigenvalue weighted by molar-refractivity contribution is 6.30. The number of hydrogen-bond acceptors (Lipinski definition) is 2. The molecule has 0 aromatic heterocycles. The lowest BCUT2D eigenvalue weighted by Crippen LogP contribution is -2.30. The summed E-state index contributed by atoms with van der Waals surface area (Å²) in [6.45, 7) is 0.920. The van der Waals surface area contributed by atoms with Crippen LogP contribution < -0.4 is 5.32 Å². The highest BCUT2D eigenvalue weighted by Crippen LogP contribution is 2.31. The van der Waals surface area contributed by atoms with E-state index in [0.717, 1.165) is 18.0 Å². The van der Waals surface area contributed by atoms with Crippen LogP contribution in [-0.4, -0.2) is 11.7 Å². The van der Waals surface area contributed by atoms with E-state index >= 15 is 0 Å². The Morgan fingerprint density at radius 1 is 1.11 bits per heavy atom. The second-order valence-electron chi connectivity index (χ2n) is 4.57. The van der Waals surface area contributed by atoms with Crippen molar-refractivity contribution in [1.82, 2.24) is 5.32 Å². The molecule has 1 heterocycles. The summed E-state index contributed by atoms with van der Waals surface area (Å²) in [5.74, 6) is 0.338. The Kier molecular flexibility index (Phi) is 2.98. The fourth-order valence-corrected chi connectivity index (χ4v) is 2.63. The molecule has 0 unspecified atom stereocenters. The molecule has 0 spiro atoms. The predicted octanol–water partition coefficient (Wildman–Crippen LogP) is 3.28. The van der Waals surface area contributed by atoms with E-state index in [0.29, 0.717) is 5.75 Å². The molecule has 0 amide bonds. The van der Waals surface area contributed by atoms with Crippen molar-refractivity contribution in [2.24, 2.45) is 0 Å². The average Bonchev–Trinajstić information content (AvgIpc) is 2.38. The van der Waals surface area contributed by atoms with E-state index in [1.165, 1.54) is 16.7 Å². The summed E-state index contributed by atoms with van der Waals surface area (Å²) in [6.07, 6.45) is 0.952. The average molecular weight is 260 g/mol. The molecule has 92 valence electrons. The van der Waals surface area contributed by atoms with Crippen molar-refractivity contribution in [3.8, 4) is 5.75 Å². The fourth-order valence-electron chi connectivity index (χ4n) is 2.50. The van der Waals surface area contributed by atoms with E-state index in [9.17, 15) is 5.11 Å². The quantitative estimate of drug-likeness (QED) is 0.824. The lowest BCUT2D eigenvalue weighted by atomic mass is 9.90. The zero-order chi connectivity index (χ0) is 12.5. The number of hydrogen-bond donors (Lipinski definition) is 2. The van der Waals surface area contributed by atoms with Gasteiger partial charge in [0.25, 0.3) is 0 Å². The van der Waals surface area contributed by atoms with Crippen LogP contribution in [0.3, 0.4) is 0 Å². The molecule has 0 saturated carbocycles. The minimum Gasteiger partial charge on any atom is -0.508 e. The van der Waals surface area contributed by atoms with Gasteiger partial charge in [-0.05, 0) is 47.4 Å². The highest BCUT2D eigenvalue weighted by atomic mass is 35.5. The maximum absolute atomic E-state index is 9.54. The molecule has 0 saturated heterocycles. The third-order valence-electron chi connectivity index (χ3n) is 3.38. The van der Waals surface area contributed by atoms with Crippen LogP contribution in [0.2, 0.25) is 5.02 Å². The van der Waals surface area contributed by atoms with Gasteiger partial charge < -0.3 is 10.4 Å². The number of nitrogens with one attached hydrogen (secondary N) is 1. The lowest BCUT2D eigenvalue weighted by molar-refractivity contribution is 0.471.